The summed E-state index contributed by atoms with van der Waals surface area (Å²) in [5.41, 5.74) is 1.53. The minimum atomic E-state index is -0.287. The summed E-state index contributed by atoms with van der Waals surface area (Å²) in [7, 11) is 0. The molecule has 2 fully saturated rings. The first kappa shape index (κ1) is 17.5. The first-order chi connectivity index (χ1) is 12.8. The maximum Gasteiger partial charge on any atom is 0.162 e. The Bertz CT molecular complexity index is 710. The van der Waals surface area contributed by atoms with Gasteiger partial charge in [-0.3, -0.25) is 9.80 Å². The Morgan fingerprint density at radius 2 is 1.69 bits per heavy atom. The molecule has 26 heavy (non-hydrogen) atoms. The number of halogens is 1. The lowest BCUT2D eigenvalue weighted by atomic mass is 10.0. The monoisotopic (exact) mass is 356 g/mol. The highest BCUT2D eigenvalue weighted by atomic mass is 19.1. The van der Waals surface area contributed by atoms with Crippen LogP contribution < -0.4 is 0 Å². The van der Waals surface area contributed by atoms with Crippen LogP contribution in [0.2, 0.25) is 0 Å². The molecule has 2 aromatic rings. The van der Waals surface area contributed by atoms with Gasteiger partial charge in [0.05, 0.1) is 18.8 Å². The van der Waals surface area contributed by atoms with E-state index in [9.17, 15) is 4.39 Å². The number of rotatable bonds is 4. The van der Waals surface area contributed by atoms with Crippen LogP contribution in [0.3, 0.4) is 0 Å². The van der Waals surface area contributed by atoms with Gasteiger partial charge in [0.15, 0.2) is 5.82 Å². The van der Waals surface area contributed by atoms with Crippen molar-refractivity contribution in [2.45, 2.75) is 25.4 Å². The van der Waals surface area contributed by atoms with E-state index in [1.165, 1.54) is 18.9 Å². The lowest BCUT2D eigenvalue weighted by Crippen LogP contribution is -2.48. The third kappa shape index (κ3) is 4.09. The van der Waals surface area contributed by atoms with E-state index in [1.54, 1.807) is 18.2 Å². The largest absolute Gasteiger partial charge is 0.379 e. The van der Waals surface area contributed by atoms with E-state index in [2.05, 4.69) is 19.8 Å². The number of likely N-dealkylation sites (tertiary alicyclic amines) is 1. The predicted molar refractivity (Wildman–Crippen MR) is 98.1 cm³/mol. The van der Waals surface area contributed by atoms with Crippen molar-refractivity contribution in [2.75, 3.05) is 39.4 Å². The molecular formula is C20H25FN4O. The Morgan fingerprint density at radius 1 is 1.00 bits per heavy atom. The molecule has 6 heteroatoms. The highest BCUT2D eigenvalue weighted by molar-refractivity contribution is 5.55. The summed E-state index contributed by atoms with van der Waals surface area (Å²) in [6.45, 7) is 6.91. The third-order valence-corrected chi connectivity index (χ3v) is 5.35. The Labute approximate surface area is 153 Å². The number of benzene rings is 1. The molecule has 0 aliphatic carbocycles. The fourth-order valence-corrected chi connectivity index (χ4v) is 3.86. The summed E-state index contributed by atoms with van der Waals surface area (Å²) in [5.74, 6) is 0.156. The van der Waals surface area contributed by atoms with Crippen LogP contribution in [0, 0.1) is 5.82 Å². The molecule has 2 aliphatic heterocycles. The second-order valence-electron chi connectivity index (χ2n) is 7.05. The Morgan fingerprint density at radius 3 is 2.38 bits per heavy atom. The van der Waals surface area contributed by atoms with Crippen LogP contribution in [0.15, 0.2) is 36.7 Å². The van der Waals surface area contributed by atoms with Gasteiger partial charge in [-0.1, -0.05) is 12.1 Å². The van der Waals surface area contributed by atoms with E-state index in [0.717, 1.165) is 51.5 Å². The summed E-state index contributed by atoms with van der Waals surface area (Å²) in [4.78, 5) is 13.8. The van der Waals surface area contributed by atoms with Crippen LogP contribution in [0.25, 0.3) is 11.4 Å². The quantitative estimate of drug-likeness (QED) is 0.842. The minimum absolute atomic E-state index is 0.287. The zero-order chi connectivity index (χ0) is 17.8. The fourth-order valence-electron chi connectivity index (χ4n) is 3.86. The molecule has 0 atom stereocenters. The van der Waals surface area contributed by atoms with Crippen LogP contribution in [0.4, 0.5) is 4.39 Å². The van der Waals surface area contributed by atoms with Crippen molar-refractivity contribution in [3.63, 3.8) is 0 Å². The van der Waals surface area contributed by atoms with E-state index in [1.807, 2.05) is 12.4 Å². The zero-order valence-corrected chi connectivity index (χ0v) is 15.0. The van der Waals surface area contributed by atoms with Gasteiger partial charge in [0.1, 0.15) is 5.82 Å². The van der Waals surface area contributed by atoms with E-state index >= 15 is 0 Å². The topological polar surface area (TPSA) is 41.5 Å². The molecule has 0 N–H and O–H groups in total. The summed E-state index contributed by atoms with van der Waals surface area (Å²) in [5, 5.41) is 0. The first-order valence-corrected chi connectivity index (χ1v) is 9.39. The maximum absolute atomic E-state index is 13.8. The van der Waals surface area contributed by atoms with Crippen molar-refractivity contribution in [3.8, 4) is 11.4 Å². The van der Waals surface area contributed by atoms with E-state index in [-0.39, 0.29) is 5.82 Å². The van der Waals surface area contributed by atoms with Crippen LogP contribution in [-0.4, -0.2) is 65.2 Å². The normalized spacial score (nSPS) is 20.3. The predicted octanol–water partition coefficient (Wildman–Crippen LogP) is 2.58. The average Bonchev–Trinajstić information content (AvgIpc) is 2.70. The molecule has 0 amide bonds. The SMILES string of the molecule is Fc1ccccc1-c1ncc(CN2CCC(N3CCOCC3)CC2)cn1. The maximum atomic E-state index is 13.8. The van der Waals surface area contributed by atoms with Gasteiger partial charge in [0, 0.05) is 43.6 Å². The van der Waals surface area contributed by atoms with Crippen LogP contribution in [0.1, 0.15) is 18.4 Å². The lowest BCUT2D eigenvalue weighted by molar-refractivity contribution is 0.000216. The molecule has 5 nitrogen and oxygen atoms in total. The summed E-state index contributed by atoms with van der Waals surface area (Å²) in [6.07, 6.45) is 6.05. The smallest absolute Gasteiger partial charge is 0.162 e. The fraction of sp³-hybridized carbons (Fsp3) is 0.500. The van der Waals surface area contributed by atoms with Crippen LogP contribution >= 0.6 is 0 Å². The number of piperidine rings is 1. The minimum Gasteiger partial charge on any atom is -0.379 e. The molecule has 2 aliphatic rings. The average molecular weight is 356 g/mol. The Balaban J connectivity index is 1.32. The second kappa shape index (κ2) is 8.20. The molecule has 0 radical (unpaired) electrons. The Kier molecular flexibility index (Phi) is 5.53. The number of nitrogens with zero attached hydrogens (tertiary/aromatic N) is 4. The molecule has 1 aromatic heterocycles. The van der Waals surface area contributed by atoms with Gasteiger partial charge in [-0.2, -0.15) is 0 Å². The van der Waals surface area contributed by atoms with Gasteiger partial charge in [0.2, 0.25) is 0 Å². The van der Waals surface area contributed by atoms with E-state index in [0.29, 0.717) is 17.4 Å². The zero-order valence-electron chi connectivity index (χ0n) is 15.0. The summed E-state index contributed by atoms with van der Waals surface area (Å²) >= 11 is 0. The Hall–Kier alpha value is -1.89. The van der Waals surface area contributed by atoms with Crippen molar-refractivity contribution >= 4 is 0 Å². The molecule has 0 bridgehead atoms. The van der Waals surface area contributed by atoms with Crippen molar-refractivity contribution in [1.82, 2.24) is 19.8 Å². The van der Waals surface area contributed by atoms with Gasteiger partial charge in [0.25, 0.3) is 0 Å². The van der Waals surface area contributed by atoms with Crippen LogP contribution in [-0.2, 0) is 11.3 Å². The van der Waals surface area contributed by atoms with Crippen molar-refractivity contribution in [1.29, 1.82) is 0 Å². The second-order valence-corrected chi connectivity index (χ2v) is 7.05. The van der Waals surface area contributed by atoms with Crippen molar-refractivity contribution in [2.24, 2.45) is 0 Å². The third-order valence-electron chi connectivity index (χ3n) is 5.35. The molecule has 3 heterocycles. The standard InChI is InChI=1S/C20H25FN4O/c21-19-4-2-1-3-18(19)20-22-13-16(14-23-20)15-24-7-5-17(6-8-24)25-9-11-26-12-10-25/h1-4,13-14,17H,5-12,15H2. The first-order valence-electron chi connectivity index (χ1n) is 9.39. The molecule has 138 valence electrons. The van der Waals surface area contributed by atoms with Crippen molar-refractivity contribution in [3.05, 3.63) is 48.0 Å². The highest BCUT2D eigenvalue weighted by Gasteiger charge is 2.25. The molecule has 0 unspecified atom stereocenters. The van der Waals surface area contributed by atoms with Gasteiger partial charge in [-0.05, 0) is 38.1 Å². The van der Waals surface area contributed by atoms with Gasteiger partial charge < -0.3 is 4.74 Å². The molecule has 0 saturated carbocycles. The van der Waals surface area contributed by atoms with Crippen molar-refractivity contribution < 1.29 is 9.13 Å². The lowest BCUT2D eigenvalue weighted by Gasteiger charge is -2.40. The highest BCUT2D eigenvalue weighted by Crippen LogP contribution is 2.21. The van der Waals surface area contributed by atoms with Gasteiger partial charge >= 0.3 is 0 Å². The molecular weight excluding hydrogens is 331 g/mol. The molecule has 0 spiro atoms. The van der Waals surface area contributed by atoms with Gasteiger partial charge in [-0.25, -0.2) is 14.4 Å². The van der Waals surface area contributed by atoms with E-state index in [4.69, 9.17) is 4.74 Å². The number of ether oxygens (including phenoxy) is 1. The molecule has 4 rings (SSSR count). The number of aromatic nitrogens is 2. The van der Waals surface area contributed by atoms with Gasteiger partial charge in [-0.15, -0.1) is 0 Å². The number of hydrogen-bond donors (Lipinski definition) is 0. The summed E-state index contributed by atoms with van der Waals surface area (Å²) in [6, 6.07) is 7.31. The van der Waals surface area contributed by atoms with E-state index < -0.39 is 0 Å². The molecule has 1 aromatic carbocycles. The number of hydrogen-bond acceptors (Lipinski definition) is 5. The molecule has 2 saturated heterocycles. The number of morpholine rings is 1. The summed E-state index contributed by atoms with van der Waals surface area (Å²) < 4.78 is 19.3. The van der Waals surface area contributed by atoms with Crippen LogP contribution in [0.5, 0.6) is 0 Å².